The molecule has 0 heterocycles. The third-order valence-electron chi connectivity index (χ3n) is 2.96. The molecule has 1 rings (SSSR count). The number of carbonyl (C=O) groups excluding carboxylic acids is 2. The number of carbonyl (C=O) groups is 2. The number of anilines is 1. The highest BCUT2D eigenvalue weighted by Crippen LogP contribution is 2.10. The Morgan fingerprint density at radius 1 is 1.20 bits per heavy atom. The van der Waals surface area contributed by atoms with Gasteiger partial charge in [0.25, 0.3) is 0 Å². The van der Waals surface area contributed by atoms with Crippen LogP contribution in [0.4, 0.5) is 5.69 Å². The van der Waals surface area contributed by atoms with E-state index >= 15 is 0 Å². The van der Waals surface area contributed by atoms with Crippen LogP contribution in [0.25, 0.3) is 0 Å². The Bertz CT molecular complexity index is 438. The van der Waals surface area contributed by atoms with Gasteiger partial charge in [0.1, 0.15) is 0 Å². The van der Waals surface area contributed by atoms with Gasteiger partial charge >= 0.3 is 11.9 Å². The number of hydrogen-bond acceptors (Lipinski definition) is 3. The first-order valence-corrected chi connectivity index (χ1v) is 7.10. The number of benzene rings is 1. The van der Waals surface area contributed by atoms with Gasteiger partial charge in [0.05, 0.1) is 6.61 Å². The number of rotatable bonds is 6. The van der Waals surface area contributed by atoms with E-state index in [1.54, 1.807) is 12.1 Å². The Labute approximate surface area is 120 Å². The van der Waals surface area contributed by atoms with Crippen LogP contribution in [0.2, 0.25) is 0 Å². The van der Waals surface area contributed by atoms with Gasteiger partial charge < -0.3 is 10.1 Å². The standard InChI is InChI=1S/C16H23NO3/c1-4-13-7-9-14(10-8-13)17-15(18)16(19)20-11-5-6-12(2)3/h7-10,12H,4-6,11H2,1-3H3,(H,17,18). The van der Waals surface area contributed by atoms with Crippen LogP contribution in [0.15, 0.2) is 24.3 Å². The van der Waals surface area contributed by atoms with Crippen molar-refractivity contribution in [1.29, 1.82) is 0 Å². The minimum Gasteiger partial charge on any atom is -0.459 e. The van der Waals surface area contributed by atoms with Crippen LogP contribution in [-0.2, 0) is 20.7 Å². The van der Waals surface area contributed by atoms with Crippen molar-refractivity contribution >= 4 is 17.6 Å². The zero-order chi connectivity index (χ0) is 15.0. The molecule has 20 heavy (non-hydrogen) atoms. The maximum atomic E-state index is 11.6. The van der Waals surface area contributed by atoms with E-state index in [0.29, 0.717) is 18.2 Å². The van der Waals surface area contributed by atoms with Crippen LogP contribution in [0.5, 0.6) is 0 Å². The molecule has 1 aromatic carbocycles. The lowest BCUT2D eigenvalue weighted by molar-refractivity contribution is -0.152. The maximum absolute atomic E-state index is 11.6. The smallest absolute Gasteiger partial charge is 0.397 e. The second kappa shape index (κ2) is 8.35. The van der Waals surface area contributed by atoms with Crippen molar-refractivity contribution in [2.45, 2.75) is 40.0 Å². The van der Waals surface area contributed by atoms with E-state index < -0.39 is 11.9 Å². The van der Waals surface area contributed by atoms with Crippen LogP contribution in [0.3, 0.4) is 0 Å². The molecule has 0 bridgehead atoms. The minimum absolute atomic E-state index is 0.291. The van der Waals surface area contributed by atoms with Gasteiger partial charge in [0, 0.05) is 5.69 Å². The molecule has 0 aliphatic heterocycles. The molecule has 0 aromatic heterocycles. The van der Waals surface area contributed by atoms with E-state index in [9.17, 15) is 9.59 Å². The van der Waals surface area contributed by atoms with E-state index in [4.69, 9.17) is 4.74 Å². The fourth-order valence-corrected chi connectivity index (χ4v) is 1.73. The van der Waals surface area contributed by atoms with Gasteiger partial charge in [-0.15, -0.1) is 0 Å². The van der Waals surface area contributed by atoms with Crippen molar-refractivity contribution in [3.63, 3.8) is 0 Å². The predicted octanol–water partition coefficient (Wildman–Crippen LogP) is 3.17. The summed E-state index contributed by atoms with van der Waals surface area (Å²) >= 11 is 0. The molecule has 4 heteroatoms. The molecule has 0 saturated heterocycles. The van der Waals surface area contributed by atoms with Gasteiger partial charge in [-0.05, 0) is 42.9 Å². The zero-order valence-electron chi connectivity index (χ0n) is 12.4. The summed E-state index contributed by atoms with van der Waals surface area (Å²) in [5.41, 5.74) is 1.78. The van der Waals surface area contributed by atoms with Gasteiger partial charge in [-0.3, -0.25) is 4.79 Å². The molecule has 0 fully saturated rings. The van der Waals surface area contributed by atoms with Crippen LogP contribution in [0.1, 0.15) is 39.2 Å². The molecule has 0 aliphatic carbocycles. The van der Waals surface area contributed by atoms with Crippen LogP contribution in [0, 0.1) is 5.92 Å². The summed E-state index contributed by atoms with van der Waals surface area (Å²) < 4.78 is 4.92. The summed E-state index contributed by atoms with van der Waals surface area (Å²) in [6, 6.07) is 7.40. The summed E-state index contributed by atoms with van der Waals surface area (Å²) in [5.74, 6) is -0.980. The molecule has 1 aromatic rings. The summed E-state index contributed by atoms with van der Waals surface area (Å²) in [6.07, 6.45) is 2.70. The monoisotopic (exact) mass is 277 g/mol. The van der Waals surface area contributed by atoms with E-state index in [1.165, 1.54) is 5.56 Å². The number of hydrogen-bond donors (Lipinski definition) is 1. The quantitative estimate of drug-likeness (QED) is 0.493. The average molecular weight is 277 g/mol. The molecule has 0 saturated carbocycles. The first-order valence-electron chi connectivity index (χ1n) is 7.10. The molecule has 1 amide bonds. The number of amides is 1. The molecule has 0 aliphatic rings. The van der Waals surface area contributed by atoms with Crippen molar-refractivity contribution in [3.05, 3.63) is 29.8 Å². The normalized spacial score (nSPS) is 10.4. The van der Waals surface area contributed by atoms with Crippen molar-refractivity contribution in [3.8, 4) is 0 Å². The highest BCUT2D eigenvalue weighted by atomic mass is 16.5. The van der Waals surface area contributed by atoms with Crippen molar-refractivity contribution in [2.75, 3.05) is 11.9 Å². The summed E-state index contributed by atoms with van der Waals surface area (Å²) in [6.45, 7) is 6.56. The van der Waals surface area contributed by atoms with Crippen molar-refractivity contribution in [2.24, 2.45) is 5.92 Å². The van der Waals surface area contributed by atoms with E-state index in [0.717, 1.165) is 19.3 Å². The first-order chi connectivity index (χ1) is 9.52. The molecule has 0 radical (unpaired) electrons. The second-order valence-corrected chi connectivity index (χ2v) is 5.18. The Morgan fingerprint density at radius 2 is 1.85 bits per heavy atom. The lowest BCUT2D eigenvalue weighted by Crippen LogP contribution is -2.25. The maximum Gasteiger partial charge on any atom is 0.397 e. The first kappa shape index (κ1) is 16.2. The second-order valence-electron chi connectivity index (χ2n) is 5.18. The molecule has 0 spiro atoms. The predicted molar refractivity (Wildman–Crippen MR) is 79.5 cm³/mol. The molecule has 0 unspecified atom stereocenters. The van der Waals surface area contributed by atoms with E-state index in [1.807, 2.05) is 12.1 Å². The number of esters is 1. The summed E-state index contributed by atoms with van der Waals surface area (Å²) in [5, 5.41) is 2.53. The summed E-state index contributed by atoms with van der Waals surface area (Å²) in [4.78, 5) is 23.1. The molecule has 1 N–H and O–H groups in total. The molecular weight excluding hydrogens is 254 g/mol. The molecule has 0 atom stereocenters. The van der Waals surface area contributed by atoms with Gasteiger partial charge in [0.15, 0.2) is 0 Å². The van der Waals surface area contributed by atoms with Gasteiger partial charge in [-0.25, -0.2) is 4.79 Å². The number of ether oxygens (including phenoxy) is 1. The van der Waals surface area contributed by atoms with Crippen molar-refractivity contribution in [1.82, 2.24) is 0 Å². The fraction of sp³-hybridized carbons (Fsp3) is 0.500. The highest BCUT2D eigenvalue weighted by molar-refractivity contribution is 6.37. The summed E-state index contributed by atoms with van der Waals surface area (Å²) in [7, 11) is 0. The van der Waals surface area contributed by atoms with Gasteiger partial charge in [0.2, 0.25) is 0 Å². The molecule has 110 valence electrons. The van der Waals surface area contributed by atoms with E-state index in [-0.39, 0.29) is 0 Å². The average Bonchev–Trinajstić information content (AvgIpc) is 2.44. The van der Waals surface area contributed by atoms with Gasteiger partial charge in [-0.1, -0.05) is 32.9 Å². The Morgan fingerprint density at radius 3 is 2.40 bits per heavy atom. The van der Waals surface area contributed by atoms with Crippen molar-refractivity contribution < 1.29 is 14.3 Å². The molecular formula is C16H23NO3. The third-order valence-corrected chi connectivity index (χ3v) is 2.96. The van der Waals surface area contributed by atoms with Crippen LogP contribution >= 0.6 is 0 Å². The third kappa shape index (κ3) is 5.87. The number of aryl methyl sites for hydroxylation is 1. The SMILES string of the molecule is CCc1ccc(NC(=O)C(=O)OCCCC(C)C)cc1. The number of nitrogens with one attached hydrogen (secondary N) is 1. The lowest BCUT2D eigenvalue weighted by atomic mass is 10.1. The largest absolute Gasteiger partial charge is 0.459 e. The van der Waals surface area contributed by atoms with E-state index in [2.05, 4.69) is 26.1 Å². The zero-order valence-corrected chi connectivity index (χ0v) is 12.4. The minimum atomic E-state index is -0.826. The fourth-order valence-electron chi connectivity index (χ4n) is 1.73. The lowest BCUT2D eigenvalue weighted by Gasteiger charge is -2.07. The molecule has 4 nitrogen and oxygen atoms in total. The van der Waals surface area contributed by atoms with Gasteiger partial charge in [-0.2, -0.15) is 0 Å². The Balaban J connectivity index is 2.35. The van der Waals surface area contributed by atoms with Crippen LogP contribution in [-0.4, -0.2) is 18.5 Å². The topological polar surface area (TPSA) is 55.4 Å². The highest BCUT2D eigenvalue weighted by Gasteiger charge is 2.15. The van der Waals surface area contributed by atoms with Crippen LogP contribution < -0.4 is 5.32 Å². The Hall–Kier alpha value is -1.84. The Kier molecular flexibility index (Phi) is 6.77.